The molecule has 1 atom stereocenters. The first kappa shape index (κ1) is 9.40. The third-order valence-electron chi connectivity index (χ3n) is 2.53. The normalized spacial score (nSPS) is 17.9. The van der Waals surface area contributed by atoms with Gasteiger partial charge in [0, 0.05) is 12.1 Å². The highest BCUT2D eigenvalue weighted by molar-refractivity contribution is 5.14. The van der Waals surface area contributed by atoms with E-state index in [1.165, 1.54) is 12.8 Å². The fourth-order valence-corrected chi connectivity index (χ4v) is 1.47. The van der Waals surface area contributed by atoms with Crippen LogP contribution < -0.4 is 10.5 Å². The van der Waals surface area contributed by atoms with E-state index in [2.05, 4.69) is 10.2 Å². The third kappa shape index (κ3) is 2.20. The number of aromatic nitrogens is 2. The smallest absolute Gasteiger partial charge is 0.233 e. The summed E-state index contributed by atoms with van der Waals surface area (Å²) < 4.78 is 4.93. The van der Waals surface area contributed by atoms with Crippen LogP contribution in [0.15, 0.2) is 12.1 Å². The van der Waals surface area contributed by atoms with Crippen LogP contribution in [0.1, 0.15) is 31.0 Å². The molecule has 1 aromatic heterocycles. The number of hydrogen-bond donors (Lipinski definition) is 1. The Morgan fingerprint density at radius 2 is 2.29 bits per heavy atom. The number of nitrogens with two attached hydrogens (primary N) is 1. The average molecular weight is 193 g/mol. The number of rotatable bonds is 4. The minimum absolute atomic E-state index is 0.0286. The molecular weight excluding hydrogens is 178 g/mol. The Morgan fingerprint density at radius 1 is 1.50 bits per heavy atom. The first-order valence-electron chi connectivity index (χ1n) is 4.93. The zero-order valence-electron chi connectivity index (χ0n) is 8.31. The van der Waals surface area contributed by atoms with Gasteiger partial charge in [-0.1, -0.05) is 12.8 Å². The zero-order chi connectivity index (χ0) is 9.97. The van der Waals surface area contributed by atoms with E-state index < -0.39 is 0 Å². The van der Waals surface area contributed by atoms with E-state index >= 15 is 0 Å². The molecule has 0 spiro atoms. The molecular formula is C10H15N3O. The summed E-state index contributed by atoms with van der Waals surface area (Å²) in [6.07, 6.45) is 3.66. The van der Waals surface area contributed by atoms with E-state index in [9.17, 15) is 0 Å². The summed E-state index contributed by atoms with van der Waals surface area (Å²) in [7, 11) is 1.58. The van der Waals surface area contributed by atoms with Crippen molar-refractivity contribution in [2.45, 2.75) is 25.3 Å². The predicted molar refractivity (Wildman–Crippen MR) is 52.9 cm³/mol. The maximum atomic E-state index is 5.98. The molecule has 14 heavy (non-hydrogen) atoms. The Labute approximate surface area is 83.5 Å². The monoisotopic (exact) mass is 193 g/mol. The molecule has 1 saturated carbocycles. The predicted octanol–water partition coefficient (Wildman–Crippen LogP) is 1.29. The summed E-state index contributed by atoms with van der Waals surface area (Å²) in [6, 6.07) is 3.72. The van der Waals surface area contributed by atoms with Crippen LogP contribution in [0, 0.1) is 5.92 Å². The zero-order valence-corrected chi connectivity index (χ0v) is 8.31. The molecule has 1 fully saturated rings. The molecule has 4 heteroatoms. The number of hydrogen-bond acceptors (Lipinski definition) is 4. The largest absolute Gasteiger partial charge is 0.480 e. The van der Waals surface area contributed by atoms with Crippen LogP contribution >= 0.6 is 0 Å². The quantitative estimate of drug-likeness (QED) is 0.782. The highest BCUT2D eigenvalue weighted by atomic mass is 16.5. The molecule has 4 nitrogen and oxygen atoms in total. The van der Waals surface area contributed by atoms with Crippen molar-refractivity contribution in [1.29, 1.82) is 0 Å². The van der Waals surface area contributed by atoms with Gasteiger partial charge in [-0.15, -0.1) is 5.10 Å². The topological polar surface area (TPSA) is 61.0 Å². The highest BCUT2D eigenvalue weighted by Crippen LogP contribution is 2.36. The SMILES string of the molecule is COc1ccc(C(N)CC2CC2)nn1. The summed E-state index contributed by atoms with van der Waals surface area (Å²) in [6.45, 7) is 0. The van der Waals surface area contributed by atoms with Crippen molar-refractivity contribution < 1.29 is 4.74 Å². The maximum absolute atomic E-state index is 5.98. The van der Waals surface area contributed by atoms with Gasteiger partial charge in [0.1, 0.15) is 0 Å². The molecule has 0 radical (unpaired) electrons. The first-order chi connectivity index (χ1) is 6.79. The molecule has 0 aliphatic heterocycles. The Kier molecular flexibility index (Phi) is 2.63. The minimum atomic E-state index is 0.0286. The Morgan fingerprint density at radius 3 is 2.79 bits per heavy atom. The van der Waals surface area contributed by atoms with E-state index in [1.807, 2.05) is 6.07 Å². The minimum Gasteiger partial charge on any atom is -0.480 e. The molecule has 0 aromatic carbocycles. The van der Waals surface area contributed by atoms with Crippen molar-refractivity contribution in [3.63, 3.8) is 0 Å². The molecule has 1 heterocycles. The molecule has 1 unspecified atom stereocenters. The van der Waals surface area contributed by atoms with Gasteiger partial charge < -0.3 is 10.5 Å². The van der Waals surface area contributed by atoms with Crippen LogP contribution in [0.3, 0.4) is 0 Å². The fourth-order valence-electron chi connectivity index (χ4n) is 1.47. The number of ether oxygens (including phenoxy) is 1. The lowest BCUT2D eigenvalue weighted by atomic mass is 10.1. The van der Waals surface area contributed by atoms with Gasteiger partial charge in [-0.3, -0.25) is 0 Å². The van der Waals surface area contributed by atoms with Crippen molar-refractivity contribution in [2.75, 3.05) is 7.11 Å². The van der Waals surface area contributed by atoms with Crippen molar-refractivity contribution >= 4 is 0 Å². The van der Waals surface area contributed by atoms with Gasteiger partial charge in [0.05, 0.1) is 12.8 Å². The van der Waals surface area contributed by atoms with Crippen LogP contribution in [0.4, 0.5) is 0 Å². The van der Waals surface area contributed by atoms with Crippen molar-refractivity contribution in [1.82, 2.24) is 10.2 Å². The molecule has 76 valence electrons. The van der Waals surface area contributed by atoms with E-state index in [0.29, 0.717) is 5.88 Å². The molecule has 2 N–H and O–H groups in total. The summed E-state index contributed by atoms with van der Waals surface area (Å²) in [5.41, 5.74) is 6.84. The van der Waals surface area contributed by atoms with Gasteiger partial charge in [-0.25, -0.2) is 0 Å². The fraction of sp³-hybridized carbons (Fsp3) is 0.600. The molecule has 1 aliphatic carbocycles. The highest BCUT2D eigenvalue weighted by Gasteiger charge is 2.25. The molecule has 0 saturated heterocycles. The lowest BCUT2D eigenvalue weighted by Gasteiger charge is -2.09. The third-order valence-corrected chi connectivity index (χ3v) is 2.53. The summed E-state index contributed by atoms with van der Waals surface area (Å²) >= 11 is 0. The van der Waals surface area contributed by atoms with E-state index in [4.69, 9.17) is 10.5 Å². The summed E-state index contributed by atoms with van der Waals surface area (Å²) in [5.74, 6) is 1.35. The lowest BCUT2D eigenvalue weighted by molar-refractivity contribution is 0.390. The van der Waals surface area contributed by atoms with Crippen LogP contribution in [-0.4, -0.2) is 17.3 Å². The van der Waals surface area contributed by atoms with Gasteiger partial charge in [0.2, 0.25) is 5.88 Å². The number of methoxy groups -OCH3 is 1. The average Bonchev–Trinajstić information content (AvgIpc) is 3.02. The van der Waals surface area contributed by atoms with Crippen LogP contribution in [0.5, 0.6) is 5.88 Å². The van der Waals surface area contributed by atoms with Gasteiger partial charge in [-0.05, 0) is 18.4 Å². The van der Waals surface area contributed by atoms with Crippen molar-refractivity contribution in [3.05, 3.63) is 17.8 Å². The summed E-state index contributed by atoms with van der Waals surface area (Å²) in [4.78, 5) is 0. The molecule has 1 aliphatic rings. The van der Waals surface area contributed by atoms with Gasteiger partial charge in [0.15, 0.2) is 0 Å². The molecule has 0 amide bonds. The van der Waals surface area contributed by atoms with Crippen LogP contribution in [-0.2, 0) is 0 Å². The Balaban J connectivity index is 1.99. The van der Waals surface area contributed by atoms with E-state index in [0.717, 1.165) is 18.0 Å². The van der Waals surface area contributed by atoms with Crippen LogP contribution in [0.25, 0.3) is 0 Å². The van der Waals surface area contributed by atoms with Crippen molar-refractivity contribution in [3.8, 4) is 5.88 Å². The van der Waals surface area contributed by atoms with Gasteiger partial charge in [0.25, 0.3) is 0 Å². The van der Waals surface area contributed by atoms with Gasteiger partial charge in [-0.2, -0.15) is 5.10 Å². The van der Waals surface area contributed by atoms with E-state index in [-0.39, 0.29) is 6.04 Å². The molecule has 1 aromatic rings. The molecule has 0 bridgehead atoms. The Bertz CT molecular complexity index is 295. The van der Waals surface area contributed by atoms with Crippen molar-refractivity contribution in [2.24, 2.45) is 11.7 Å². The second-order valence-electron chi connectivity index (χ2n) is 3.79. The van der Waals surface area contributed by atoms with E-state index in [1.54, 1.807) is 13.2 Å². The molecule has 2 rings (SSSR count). The second-order valence-corrected chi connectivity index (χ2v) is 3.79. The first-order valence-corrected chi connectivity index (χ1v) is 4.93. The van der Waals surface area contributed by atoms with Crippen LogP contribution in [0.2, 0.25) is 0 Å². The summed E-state index contributed by atoms with van der Waals surface area (Å²) in [5, 5.41) is 7.92. The standard InChI is InChI=1S/C10H15N3O/c1-14-10-5-4-9(12-13-10)8(11)6-7-2-3-7/h4-5,7-8H,2-3,6,11H2,1H3. The Hall–Kier alpha value is -1.16. The lowest BCUT2D eigenvalue weighted by Crippen LogP contribution is -2.13. The number of nitrogens with zero attached hydrogens (tertiary/aromatic N) is 2. The maximum Gasteiger partial charge on any atom is 0.233 e. The van der Waals surface area contributed by atoms with Gasteiger partial charge >= 0.3 is 0 Å². The second kappa shape index (κ2) is 3.92.